The number of thiophene rings is 4. The summed E-state index contributed by atoms with van der Waals surface area (Å²) in [5.74, 6) is 0.728. The van der Waals surface area contributed by atoms with E-state index in [2.05, 4.69) is 138 Å². The van der Waals surface area contributed by atoms with E-state index in [-0.39, 0.29) is 5.91 Å². The minimum absolute atomic E-state index is 0.0834. The third-order valence-corrected chi connectivity index (χ3v) is 19.2. The van der Waals surface area contributed by atoms with Gasteiger partial charge in [0.1, 0.15) is 6.07 Å². The standard InChI is InChI=1S/C66H81N3O2S4.C2H3N/c1-8-14-18-20-26-49-38-55(33-32-54-28-22-36-72-54)74-64(49)52-31-35-58-61(42-52)69(45-48(13-6)25-17-11-4)66(71)63(58)59(46-70)57-34-30-51(41-60(57)68(7)44-47(12-5)24-16-10-3)65-50(27-21-19-15-9-2)39-56(75-65)40-53(43-67)62-29-23-37-73-62;1-2-3/h22-23,28-42,46-48H,8-21,24-27,44-45H2,1-7H3;1H3/b33-32+,53-40+,63-59-;. The van der Waals surface area contributed by atoms with Crippen molar-refractivity contribution < 1.29 is 9.59 Å². The molecule has 6 aromatic rings. The summed E-state index contributed by atoms with van der Waals surface area (Å²) < 4.78 is 0. The van der Waals surface area contributed by atoms with Crippen LogP contribution in [0.3, 0.4) is 0 Å². The van der Waals surface area contributed by atoms with Crippen LogP contribution in [0.2, 0.25) is 0 Å². The maximum atomic E-state index is 15.5. The Morgan fingerprint density at radius 1 is 0.679 bits per heavy atom. The number of benzene rings is 2. The lowest BCUT2D eigenvalue weighted by Gasteiger charge is -2.28. The van der Waals surface area contributed by atoms with Crippen molar-refractivity contribution >= 4 is 104 Å². The number of unbranched alkanes of at least 4 members (excludes halogenated alkanes) is 8. The van der Waals surface area contributed by atoms with Crippen LogP contribution < -0.4 is 9.80 Å². The number of hydrogen-bond donors (Lipinski definition) is 0. The van der Waals surface area contributed by atoms with Crippen LogP contribution in [0.1, 0.15) is 193 Å². The van der Waals surface area contributed by atoms with E-state index in [9.17, 15) is 10.1 Å². The first-order valence-corrected chi connectivity index (χ1v) is 32.4. The number of nitriles is 2. The number of carbonyl (C=O) groups excluding carboxylic acids is 2. The maximum Gasteiger partial charge on any atom is 0.259 e. The number of aldehydes is 1. The van der Waals surface area contributed by atoms with E-state index in [4.69, 9.17) is 5.26 Å². The quantitative estimate of drug-likeness (QED) is 0.0187. The molecule has 4 aromatic heterocycles. The van der Waals surface area contributed by atoms with E-state index < -0.39 is 0 Å². The highest BCUT2D eigenvalue weighted by Crippen LogP contribution is 2.47. The van der Waals surface area contributed by atoms with Crippen molar-refractivity contribution in [3.05, 3.63) is 125 Å². The van der Waals surface area contributed by atoms with Crippen LogP contribution in [0.4, 0.5) is 11.4 Å². The van der Waals surface area contributed by atoms with Gasteiger partial charge in [0.05, 0.1) is 22.9 Å². The predicted molar refractivity (Wildman–Crippen MR) is 343 cm³/mol. The Labute approximate surface area is 484 Å². The molecule has 2 aromatic carbocycles. The summed E-state index contributed by atoms with van der Waals surface area (Å²) in [6, 6.07) is 30.4. The Bertz CT molecular complexity index is 3010. The lowest BCUT2D eigenvalue weighted by atomic mass is 9.92. The molecule has 6 nitrogen and oxygen atoms in total. The highest BCUT2D eigenvalue weighted by Gasteiger charge is 2.37. The van der Waals surface area contributed by atoms with Crippen molar-refractivity contribution in [1.82, 2.24) is 0 Å². The minimum atomic E-state index is -0.0834. The molecule has 78 heavy (non-hydrogen) atoms. The number of amides is 1. The third kappa shape index (κ3) is 16.5. The zero-order valence-corrected chi connectivity index (χ0v) is 51.2. The van der Waals surface area contributed by atoms with Crippen molar-refractivity contribution in [2.24, 2.45) is 11.8 Å². The van der Waals surface area contributed by atoms with Crippen molar-refractivity contribution in [3.63, 3.8) is 0 Å². The zero-order valence-electron chi connectivity index (χ0n) is 47.9. The molecule has 0 bridgehead atoms. The third-order valence-electron chi connectivity index (χ3n) is 15.1. The molecule has 0 spiro atoms. The fourth-order valence-corrected chi connectivity index (χ4v) is 14.2. The highest BCUT2D eigenvalue weighted by atomic mass is 32.1. The van der Waals surface area contributed by atoms with E-state index in [0.717, 1.165) is 127 Å². The van der Waals surface area contributed by atoms with Crippen molar-refractivity contribution in [1.29, 1.82) is 10.5 Å². The lowest BCUT2D eigenvalue weighted by molar-refractivity contribution is -0.113. The van der Waals surface area contributed by atoms with E-state index in [1.807, 2.05) is 39.8 Å². The zero-order chi connectivity index (χ0) is 55.8. The van der Waals surface area contributed by atoms with Crippen LogP contribution in [0, 0.1) is 34.5 Å². The molecule has 0 N–H and O–H groups in total. The van der Waals surface area contributed by atoms with Gasteiger partial charge in [0.2, 0.25) is 0 Å². The van der Waals surface area contributed by atoms with Crippen LogP contribution >= 0.6 is 45.3 Å². The molecule has 2 unspecified atom stereocenters. The highest BCUT2D eigenvalue weighted by molar-refractivity contribution is 7.17. The van der Waals surface area contributed by atoms with Crippen LogP contribution in [-0.2, 0) is 22.4 Å². The van der Waals surface area contributed by atoms with Gasteiger partial charge in [-0.2, -0.15) is 10.5 Å². The summed E-state index contributed by atoms with van der Waals surface area (Å²) in [4.78, 5) is 41.0. The van der Waals surface area contributed by atoms with Gasteiger partial charge in [0.25, 0.3) is 5.91 Å². The predicted octanol–water partition coefficient (Wildman–Crippen LogP) is 20.6. The molecule has 1 aliphatic rings. The summed E-state index contributed by atoms with van der Waals surface area (Å²) >= 11 is 6.92. The van der Waals surface area contributed by atoms with Gasteiger partial charge in [-0.25, -0.2) is 0 Å². The summed E-state index contributed by atoms with van der Waals surface area (Å²) in [7, 11) is 2.17. The van der Waals surface area contributed by atoms with E-state index >= 15 is 4.79 Å². The molecule has 2 atom stereocenters. The molecule has 1 aliphatic heterocycles. The summed E-state index contributed by atoms with van der Waals surface area (Å²) in [6.45, 7) is 16.4. The first kappa shape index (κ1) is 61.6. The topological polar surface area (TPSA) is 88.2 Å². The molecule has 0 aliphatic carbocycles. The van der Waals surface area contributed by atoms with Crippen LogP contribution in [0.15, 0.2) is 83.6 Å². The second-order valence-corrected chi connectivity index (χ2v) is 24.9. The Morgan fingerprint density at radius 3 is 1.86 bits per heavy atom. The van der Waals surface area contributed by atoms with Gasteiger partial charge in [-0.1, -0.05) is 155 Å². The molecule has 0 saturated carbocycles. The van der Waals surface area contributed by atoms with Gasteiger partial charge in [-0.15, -0.1) is 45.3 Å². The first-order valence-electron chi connectivity index (χ1n) is 29.1. The van der Waals surface area contributed by atoms with Gasteiger partial charge in [-0.05, 0) is 138 Å². The van der Waals surface area contributed by atoms with Crippen molar-refractivity contribution in [3.8, 4) is 33.0 Å². The Hall–Kier alpha value is -5.62. The summed E-state index contributed by atoms with van der Waals surface area (Å²) in [6.07, 6.45) is 27.6. The molecular weight excluding hydrogens is 1030 g/mol. The fourth-order valence-electron chi connectivity index (χ4n) is 10.6. The Kier molecular flexibility index (Phi) is 25.6. The van der Waals surface area contributed by atoms with Crippen LogP contribution in [0.25, 0.3) is 55.8 Å². The molecule has 0 saturated heterocycles. The minimum Gasteiger partial charge on any atom is -0.374 e. The average Bonchev–Trinajstić information content (AvgIpc) is 4.39. The van der Waals surface area contributed by atoms with E-state index in [1.54, 1.807) is 40.1 Å². The van der Waals surface area contributed by atoms with E-state index in [1.165, 1.54) is 82.5 Å². The molecule has 7 rings (SSSR count). The van der Waals surface area contributed by atoms with Gasteiger partial charge in [0.15, 0.2) is 6.29 Å². The van der Waals surface area contributed by atoms with Gasteiger partial charge in [-0.3, -0.25) is 9.59 Å². The van der Waals surface area contributed by atoms with Crippen molar-refractivity contribution in [2.45, 2.75) is 164 Å². The number of allylic oxidation sites excluding steroid dienone is 2. The monoisotopic (exact) mass is 1120 g/mol. The number of aryl methyl sites for hydroxylation is 2. The number of nitrogens with zero attached hydrogens (tertiary/aromatic N) is 4. The molecular formula is C68H84N4O2S4. The maximum absolute atomic E-state index is 15.5. The number of fused-ring (bicyclic) bond motifs is 1. The second-order valence-electron chi connectivity index (χ2n) is 20.8. The molecule has 0 radical (unpaired) electrons. The number of carbonyl (C=O) groups is 2. The van der Waals surface area contributed by atoms with Crippen LogP contribution in [-0.4, -0.2) is 32.3 Å². The Morgan fingerprint density at radius 2 is 1.27 bits per heavy atom. The first-order chi connectivity index (χ1) is 38.1. The number of rotatable bonds is 31. The average molecular weight is 1120 g/mol. The molecule has 1 amide bonds. The normalized spacial score (nSPS) is 13.7. The van der Waals surface area contributed by atoms with Gasteiger partial charge < -0.3 is 9.80 Å². The van der Waals surface area contributed by atoms with Gasteiger partial charge >= 0.3 is 0 Å². The second kappa shape index (κ2) is 32.5. The molecule has 5 heterocycles. The van der Waals surface area contributed by atoms with Crippen LogP contribution in [0.5, 0.6) is 0 Å². The summed E-state index contributed by atoms with van der Waals surface area (Å²) in [5.41, 5.74) is 10.0. The fraction of sp³-hybridized carbons (Fsp3) is 0.441. The Balaban J connectivity index is 0.00000320. The molecule has 10 heteroatoms. The number of anilines is 2. The SMILES string of the molecule is CC#N.CCCCCCc1cc(/C=C(\C#N)c2cccs2)sc1-c1ccc(/C(C=O)=C2\C(=O)N(CC(CC)CCCC)c3cc(-c4sc(/C=C/c5cccs5)cc4CCCCCC)ccc32)c(N(C)CC(CC)CCCC)c1. The smallest absolute Gasteiger partial charge is 0.259 e. The largest absolute Gasteiger partial charge is 0.374 e. The summed E-state index contributed by atoms with van der Waals surface area (Å²) in [5, 5.41) is 21.7. The molecule has 0 fully saturated rings. The van der Waals surface area contributed by atoms with Gasteiger partial charge in [0, 0.05) is 78.7 Å². The molecule has 412 valence electrons. The van der Waals surface area contributed by atoms with Crippen molar-refractivity contribution in [2.75, 3.05) is 29.9 Å². The lowest BCUT2D eigenvalue weighted by Crippen LogP contribution is -2.32. The van der Waals surface area contributed by atoms with E-state index in [0.29, 0.717) is 35.1 Å². The number of hydrogen-bond acceptors (Lipinski definition) is 9.